The Morgan fingerprint density at radius 1 is 1.32 bits per heavy atom. The van der Waals surface area contributed by atoms with Gasteiger partial charge < -0.3 is 19.9 Å². The summed E-state index contributed by atoms with van der Waals surface area (Å²) in [5.74, 6) is 1.25. The summed E-state index contributed by atoms with van der Waals surface area (Å²) < 4.78 is 7.89. The highest BCUT2D eigenvalue weighted by Crippen LogP contribution is 2.26. The van der Waals surface area contributed by atoms with Gasteiger partial charge in [0.25, 0.3) is 5.91 Å². The topological polar surface area (TPSA) is 88.5 Å². The summed E-state index contributed by atoms with van der Waals surface area (Å²) in [5.41, 5.74) is 1.26. The third-order valence-corrected chi connectivity index (χ3v) is 5.14. The predicted molar refractivity (Wildman–Crippen MR) is 106 cm³/mol. The second-order valence-electron chi connectivity index (χ2n) is 7.95. The molecule has 154 valence electrons. The van der Waals surface area contributed by atoms with Gasteiger partial charge in [-0.15, -0.1) is 0 Å². The van der Waals surface area contributed by atoms with Crippen LogP contribution in [0.1, 0.15) is 55.1 Å². The number of carbonyl (C=O) groups excluding carboxylic acids is 2. The van der Waals surface area contributed by atoms with Crippen molar-refractivity contribution in [1.29, 1.82) is 0 Å². The van der Waals surface area contributed by atoms with Gasteiger partial charge in [0.05, 0.1) is 12.3 Å². The summed E-state index contributed by atoms with van der Waals surface area (Å²) in [5, 5.41) is 5.53. The Kier molecular flexibility index (Phi) is 6.39. The van der Waals surface area contributed by atoms with Gasteiger partial charge in [0.15, 0.2) is 17.3 Å². The number of rotatable bonds is 6. The molecule has 0 saturated heterocycles. The maximum Gasteiger partial charge on any atom is 0.272 e. The first-order chi connectivity index (χ1) is 13.4. The number of fused-ring (bicyclic) bond motifs is 1. The first-order valence-electron chi connectivity index (χ1n) is 10.0. The van der Waals surface area contributed by atoms with E-state index in [1.165, 1.54) is 0 Å². The minimum Gasteiger partial charge on any atom is -0.490 e. The van der Waals surface area contributed by atoms with Crippen molar-refractivity contribution >= 4 is 17.6 Å². The average Bonchev–Trinajstić information content (AvgIpc) is 3.05. The third-order valence-electron chi connectivity index (χ3n) is 5.14. The maximum absolute atomic E-state index is 13.1. The van der Waals surface area contributed by atoms with Crippen LogP contribution in [0.25, 0.3) is 5.76 Å². The fraction of sp³-hybridized carbons (Fsp3) is 0.650. The largest absolute Gasteiger partial charge is 0.490 e. The van der Waals surface area contributed by atoms with E-state index in [0.717, 1.165) is 37.4 Å². The monoisotopic (exact) mass is 389 g/mol. The molecule has 3 rings (SSSR count). The molecule has 0 radical (unpaired) electrons. The van der Waals surface area contributed by atoms with Crippen molar-refractivity contribution in [3.8, 4) is 0 Å². The van der Waals surface area contributed by atoms with E-state index in [1.807, 2.05) is 27.0 Å². The van der Waals surface area contributed by atoms with Gasteiger partial charge in [-0.2, -0.15) is 0 Å². The SMILES string of the molecule is CNC(=O)C(CC(C)C)NC(=O)c1nc(C2=CCCCO2)n2c1CN(C)CC2. The highest BCUT2D eigenvalue weighted by molar-refractivity contribution is 5.97. The third kappa shape index (κ3) is 4.38. The number of hydrogen-bond acceptors (Lipinski definition) is 5. The number of aromatic nitrogens is 2. The Labute approximate surface area is 166 Å². The molecule has 2 aliphatic heterocycles. The molecule has 0 bridgehead atoms. The van der Waals surface area contributed by atoms with Crippen LogP contribution in [0.3, 0.4) is 0 Å². The summed E-state index contributed by atoms with van der Waals surface area (Å²) in [7, 11) is 3.61. The normalized spacial score (nSPS) is 18.1. The van der Waals surface area contributed by atoms with E-state index >= 15 is 0 Å². The van der Waals surface area contributed by atoms with Gasteiger partial charge >= 0.3 is 0 Å². The number of carbonyl (C=O) groups is 2. The molecule has 28 heavy (non-hydrogen) atoms. The summed E-state index contributed by atoms with van der Waals surface area (Å²) in [6.45, 7) is 7.01. The molecular formula is C20H31N5O3. The zero-order valence-corrected chi connectivity index (χ0v) is 17.2. The van der Waals surface area contributed by atoms with Gasteiger partial charge in [-0.25, -0.2) is 4.98 Å². The summed E-state index contributed by atoms with van der Waals surface area (Å²) in [6, 6.07) is -0.579. The summed E-state index contributed by atoms with van der Waals surface area (Å²) >= 11 is 0. The van der Waals surface area contributed by atoms with E-state index in [4.69, 9.17) is 4.74 Å². The number of amides is 2. The van der Waals surface area contributed by atoms with Crippen LogP contribution in [-0.2, 0) is 22.6 Å². The van der Waals surface area contributed by atoms with Gasteiger partial charge in [0.1, 0.15) is 6.04 Å². The van der Waals surface area contributed by atoms with Crippen LogP contribution in [0.15, 0.2) is 6.08 Å². The molecule has 0 spiro atoms. The molecule has 0 fully saturated rings. The molecule has 8 nitrogen and oxygen atoms in total. The van der Waals surface area contributed by atoms with Crippen LogP contribution in [0.4, 0.5) is 0 Å². The van der Waals surface area contributed by atoms with E-state index in [2.05, 4.69) is 25.1 Å². The molecule has 0 aromatic carbocycles. The smallest absolute Gasteiger partial charge is 0.272 e. The Balaban J connectivity index is 1.91. The number of nitrogens with zero attached hydrogens (tertiary/aromatic N) is 3. The highest BCUT2D eigenvalue weighted by Gasteiger charge is 2.30. The van der Waals surface area contributed by atoms with Crippen molar-refractivity contribution in [2.45, 2.75) is 52.2 Å². The van der Waals surface area contributed by atoms with E-state index in [-0.39, 0.29) is 17.7 Å². The van der Waals surface area contributed by atoms with Gasteiger partial charge in [-0.3, -0.25) is 14.5 Å². The number of ether oxygens (including phenoxy) is 1. The molecule has 1 aromatic rings. The minimum atomic E-state index is -0.579. The van der Waals surface area contributed by atoms with Crippen LogP contribution in [-0.4, -0.2) is 59.6 Å². The van der Waals surface area contributed by atoms with Crippen molar-refractivity contribution in [3.63, 3.8) is 0 Å². The van der Waals surface area contributed by atoms with E-state index < -0.39 is 6.04 Å². The Morgan fingerprint density at radius 3 is 2.75 bits per heavy atom. The van der Waals surface area contributed by atoms with Crippen LogP contribution < -0.4 is 10.6 Å². The van der Waals surface area contributed by atoms with Crippen LogP contribution >= 0.6 is 0 Å². The van der Waals surface area contributed by atoms with E-state index in [9.17, 15) is 9.59 Å². The molecule has 0 aliphatic carbocycles. The number of nitrogens with one attached hydrogen (secondary N) is 2. The number of allylic oxidation sites excluding steroid dienone is 1. The molecule has 2 N–H and O–H groups in total. The second-order valence-corrected chi connectivity index (χ2v) is 7.95. The Morgan fingerprint density at radius 2 is 2.11 bits per heavy atom. The van der Waals surface area contributed by atoms with Crippen molar-refractivity contribution in [1.82, 2.24) is 25.1 Å². The number of likely N-dealkylation sites (N-methyl/N-ethyl adjacent to an activating group) is 2. The molecule has 1 unspecified atom stereocenters. The zero-order valence-electron chi connectivity index (χ0n) is 17.2. The quantitative estimate of drug-likeness (QED) is 0.767. The lowest BCUT2D eigenvalue weighted by Crippen LogP contribution is -2.46. The number of imidazole rings is 1. The molecular weight excluding hydrogens is 358 g/mol. The maximum atomic E-state index is 13.1. The molecule has 2 amide bonds. The summed E-state index contributed by atoms with van der Waals surface area (Å²) in [6.07, 6.45) is 4.57. The molecule has 1 aromatic heterocycles. The average molecular weight is 390 g/mol. The minimum absolute atomic E-state index is 0.189. The van der Waals surface area contributed by atoms with E-state index in [0.29, 0.717) is 31.1 Å². The molecule has 2 aliphatic rings. The van der Waals surface area contributed by atoms with Gasteiger partial charge in [0.2, 0.25) is 5.91 Å². The van der Waals surface area contributed by atoms with Crippen LogP contribution in [0, 0.1) is 5.92 Å². The van der Waals surface area contributed by atoms with Crippen LogP contribution in [0.5, 0.6) is 0 Å². The Bertz CT molecular complexity index is 768. The summed E-state index contributed by atoms with van der Waals surface area (Å²) in [4.78, 5) is 32.1. The van der Waals surface area contributed by atoms with Gasteiger partial charge in [-0.1, -0.05) is 13.8 Å². The standard InChI is InChI=1S/C20H31N5O3/c1-13(2)11-14(19(26)21-3)22-20(27)17-15-12-24(4)8-9-25(15)18(23-17)16-7-5-6-10-28-16/h7,13-14H,5-6,8-12H2,1-4H3,(H,21,26)(H,22,27). The lowest BCUT2D eigenvalue weighted by Gasteiger charge is -2.26. The van der Waals surface area contributed by atoms with Crippen molar-refractivity contribution in [2.75, 3.05) is 27.2 Å². The molecule has 8 heteroatoms. The highest BCUT2D eigenvalue weighted by atomic mass is 16.5. The fourth-order valence-corrected chi connectivity index (χ4v) is 3.68. The molecule has 0 saturated carbocycles. The first-order valence-corrected chi connectivity index (χ1v) is 10.0. The van der Waals surface area contributed by atoms with Crippen molar-refractivity contribution in [2.24, 2.45) is 5.92 Å². The Hall–Kier alpha value is -2.35. The van der Waals surface area contributed by atoms with Crippen molar-refractivity contribution < 1.29 is 14.3 Å². The zero-order chi connectivity index (χ0) is 20.3. The number of hydrogen-bond donors (Lipinski definition) is 2. The molecule has 1 atom stereocenters. The van der Waals surface area contributed by atoms with Gasteiger partial charge in [0, 0.05) is 26.7 Å². The lowest BCUT2D eigenvalue weighted by molar-refractivity contribution is -0.122. The fourth-order valence-electron chi connectivity index (χ4n) is 3.68. The van der Waals surface area contributed by atoms with Crippen molar-refractivity contribution in [3.05, 3.63) is 23.3 Å². The lowest BCUT2D eigenvalue weighted by atomic mass is 10.0. The second kappa shape index (κ2) is 8.77. The first kappa shape index (κ1) is 20.4. The van der Waals surface area contributed by atoms with Gasteiger partial charge in [-0.05, 0) is 38.3 Å². The predicted octanol–water partition coefficient (Wildman–Crippen LogP) is 1.37. The van der Waals surface area contributed by atoms with Crippen LogP contribution in [0.2, 0.25) is 0 Å². The van der Waals surface area contributed by atoms with E-state index in [1.54, 1.807) is 7.05 Å². The molecule has 3 heterocycles.